The van der Waals surface area contributed by atoms with Crippen molar-refractivity contribution >= 4 is 22.8 Å². The molecule has 0 atom stereocenters. The first-order valence-electron chi connectivity index (χ1n) is 8.89. The Kier molecular flexibility index (Phi) is 6.01. The Labute approximate surface area is 172 Å². The highest BCUT2D eigenvalue weighted by atomic mass is 16.5. The lowest BCUT2D eigenvalue weighted by atomic mass is 10.2. The van der Waals surface area contributed by atoms with Gasteiger partial charge in [-0.15, -0.1) is 0 Å². The number of esters is 1. The average Bonchev–Trinajstić information content (AvgIpc) is 2.76. The number of ether oxygens (including phenoxy) is 4. The number of aromatic nitrogens is 2. The molecule has 1 heterocycles. The summed E-state index contributed by atoms with van der Waals surface area (Å²) < 4.78 is 21.2. The predicted octanol–water partition coefficient (Wildman–Crippen LogP) is 2.45. The smallest absolute Gasteiger partial charge is 0.338 e. The van der Waals surface area contributed by atoms with Crippen LogP contribution in [0, 0.1) is 5.21 Å². The number of carbonyl (C=O) groups excluding carboxylic acids is 2. The number of nitrogens with zero attached hydrogens (tertiary/aromatic N) is 2. The Hall–Kier alpha value is -3.88. The van der Waals surface area contributed by atoms with Crippen LogP contribution in [-0.2, 0) is 11.3 Å². The molecule has 0 saturated carbocycles. The van der Waals surface area contributed by atoms with Crippen molar-refractivity contribution in [3.05, 3.63) is 58.6 Å². The molecule has 0 aliphatic carbocycles. The lowest BCUT2D eigenvalue weighted by molar-refractivity contribution is -0.580. The Morgan fingerprint density at radius 2 is 1.73 bits per heavy atom. The van der Waals surface area contributed by atoms with Gasteiger partial charge in [0.15, 0.2) is 17.2 Å². The molecule has 156 valence electrons. The van der Waals surface area contributed by atoms with Crippen LogP contribution in [0.2, 0.25) is 0 Å². The lowest BCUT2D eigenvalue weighted by Gasteiger charge is -2.12. The Bertz CT molecular complexity index is 1130. The van der Waals surface area contributed by atoms with E-state index in [0.29, 0.717) is 27.5 Å². The van der Waals surface area contributed by atoms with Gasteiger partial charge < -0.3 is 24.2 Å². The Balaban J connectivity index is 1.92. The quantitative estimate of drug-likeness (QED) is 0.252. The van der Waals surface area contributed by atoms with Crippen LogP contribution in [0.5, 0.6) is 17.2 Å². The van der Waals surface area contributed by atoms with Crippen molar-refractivity contribution in [3.8, 4) is 17.2 Å². The summed E-state index contributed by atoms with van der Waals surface area (Å²) in [6, 6.07) is 9.28. The number of ketones is 1. The van der Waals surface area contributed by atoms with E-state index in [9.17, 15) is 14.8 Å². The van der Waals surface area contributed by atoms with Crippen LogP contribution in [0.3, 0.4) is 0 Å². The van der Waals surface area contributed by atoms with E-state index in [2.05, 4.69) is 4.98 Å². The third-order valence-electron chi connectivity index (χ3n) is 4.43. The molecule has 3 aromatic rings. The molecule has 1 aromatic heterocycles. The van der Waals surface area contributed by atoms with Crippen LogP contribution in [0.4, 0.5) is 0 Å². The van der Waals surface area contributed by atoms with Gasteiger partial charge in [0, 0.05) is 6.92 Å². The van der Waals surface area contributed by atoms with Gasteiger partial charge in [0.25, 0.3) is 5.69 Å². The minimum absolute atomic E-state index is 0.0593. The van der Waals surface area contributed by atoms with Gasteiger partial charge >= 0.3 is 5.97 Å². The molecular formula is C21H20N2O7. The fourth-order valence-electron chi connectivity index (χ4n) is 2.95. The molecule has 0 amide bonds. The van der Waals surface area contributed by atoms with Crippen LogP contribution in [0.25, 0.3) is 11.0 Å². The van der Waals surface area contributed by atoms with Crippen molar-refractivity contribution in [2.75, 3.05) is 21.3 Å². The van der Waals surface area contributed by atoms with Gasteiger partial charge in [-0.1, -0.05) is 0 Å². The topological polar surface area (TPSA) is 111 Å². The van der Waals surface area contributed by atoms with E-state index in [1.807, 2.05) is 0 Å². The molecule has 2 aromatic carbocycles. The molecule has 0 aliphatic heterocycles. The average molecular weight is 412 g/mol. The molecule has 9 nitrogen and oxygen atoms in total. The monoisotopic (exact) mass is 412 g/mol. The second kappa shape index (κ2) is 8.64. The van der Waals surface area contributed by atoms with E-state index in [-0.39, 0.29) is 29.1 Å². The molecule has 30 heavy (non-hydrogen) atoms. The molecule has 0 N–H and O–H groups in total. The van der Waals surface area contributed by atoms with Crippen molar-refractivity contribution in [2.45, 2.75) is 13.5 Å². The summed E-state index contributed by atoms with van der Waals surface area (Å²) in [4.78, 5) is 28.9. The fourth-order valence-corrected chi connectivity index (χ4v) is 2.95. The van der Waals surface area contributed by atoms with Gasteiger partial charge in [0.05, 0.1) is 33.0 Å². The molecule has 0 spiro atoms. The van der Waals surface area contributed by atoms with Crippen molar-refractivity contribution in [2.24, 2.45) is 0 Å². The molecule has 0 fully saturated rings. The number of methoxy groups -OCH3 is 3. The van der Waals surface area contributed by atoms with Crippen molar-refractivity contribution in [1.82, 2.24) is 4.98 Å². The molecule has 0 saturated heterocycles. The maximum absolute atomic E-state index is 12.8. The molecule has 3 rings (SSSR count). The van der Waals surface area contributed by atoms with E-state index in [0.717, 1.165) is 0 Å². The number of hydrogen-bond acceptors (Lipinski definition) is 8. The standard InChI is InChI=1S/C21H20N2O7/c1-12(24)20-16(22-15-7-6-14(27-2)10-17(15)23(20)26)11-30-21(25)13-5-8-18(28-3)19(9-13)29-4/h5-10H,11H2,1-4H3. The number of rotatable bonds is 7. The Morgan fingerprint density at radius 3 is 2.37 bits per heavy atom. The second-order valence-corrected chi connectivity index (χ2v) is 6.26. The number of carbonyl (C=O) groups is 2. The van der Waals surface area contributed by atoms with Gasteiger partial charge in [-0.05, 0) is 30.3 Å². The van der Waals surface area contributed by atoms with E-state index >= 15 is 0 Å². The van der Waals surface area contributed by atoms with Gasteiger partial charge in [0.1, 0.15) is 17.9 Å². The number of Topliss-reactive ketones (excluding diaryl/α,β-unsaturated/α-hetero) is 1. The van der Waals surface area contributed by atoms with Gasteiger partial charge in [-0.3, -0.25) is 4.79 Å². The zero-order valence-corrected chi connectivity index (χ0v) is 16.9. The third kappa shape index (κ3) is 3.95. The van der Waals surface area contributed by atoms with E-state index in [1.165, 1.54) is 46.5 Å². The zero-order valence-electron chi connectivity index (χ0n) is 16.9. The summed E-state index contributed by atoms with van der Waals surface area (Å²) in [6.45, 7) is 0.892. The number of fused-ring (bicyclic) bond motifs is 1. The first-order valence-corrected chi connectivity index (χ1v) is 8.89. The van der Waals surface area contributed by atoms with E-state index in [1.54, 1.807) is 18.2 Å². The summed E-state index contributed by atoms with van der Waals surface area (Å²) in [5.74, 6) is 0.119. The predicted molar refractivity (Wildman–Crippen MR) is 106 cm³/mol. The normalized spacial score (nSPS) is 10.5. The highest BCUT2D eigenvalue weighted by molar-refractivity contribution is 5.93. The highest BCUT2D eigenvalue weighted by Crippen LogP contribution is 2.28. The van der Waals surface area contributed by atoms with Gasteiger partial charge in [-0.2, -0.15) is 4.73 Å². The second-order valence-electron chi connectivity index (χ2n) is 6.26. The van der Waals surface area contributed by atoms with Gasteiger partial charge in [-0.25, -0.2) is 9.78 Å². The van der Waals surface area contributed by atoms with Crippen LogP contribution < -0.4 is 18.9 Å². The summed E-state index contributed by atoms with van der Waals surface area (Å²) in [5, 5.41) is 12.8. The number of hydrogen-bond donors (Lipinski definition) is 0. The molecule has 0 aliphatic rings. The van der Waals surface area contributed by atoms with Crippen molar-refractivity contribution in [1.29, 1.82) is 0 Å². The lowest BCUT2D eigenvalue weighted by Crippen LogP contribution is -2.37. The summed E-state index contributed by atoms with van der Waals surface area (Å²) in [6.07, 6.45) is 0. The van der Waals surface area contributed by atoms with Crippen LogP contribution in [0.1, 0.15) is 33.5 Å². The highest BCUT2D eigenvalue weighted by Gasteiger charge is 2.25. The largest absolute Gasteiger partial charge is 0.618 e. The van der Waals surface area contributed by atoms with Crippen LogP contribution in [0.15, 0.2) is 36.4 Å². The summed E-state index contributed by atoms with van der Waals surface area (Å²) in [5.41, 5.74) is 0.597. The fraction of sp³-hybridized carbons (Fsp3) is 0.238. The van der Waals surface area contributed by atoms with Crippen LogP contribution in [-0.4, -0.2) is 38.1 Å². The first kappa shape index (κ1) is 20.8. The van der Waals surface area contributed by atoms with Crippen molar-refractivity contribution in [3.63, 3.8) is 0 Å². The molecule has 0 bridgehead atoms. The van der Waals surface area contributed by atoms with Crippen molar-refractivity contribution < 1.29 is 33.3 Å². The maximum atomic E-state index is 12.8. The first-order chi connectivity index (χ1) is 14.4. The summed E-state index contributed by atoms with van der Waals surface area (Å²) in [7, 11) is 4.41. The Morgan fingerprint density at radius 1 is 1.00 bits per heavy atom. The minimum Gasteiger partial charge on any atom is -0.618 e. The molecular weight excluding hydrogens is 392 g/mol. The van der Waals surface area contributed by atoms with E-state index in [4.69, 9.17) is 18.9 Å². The van der Waals surface area contributed by atoms with Crippen LogP contribution >= 0.6 is 0 Å². The number of benzene rings is 2. The third-order valence-corrected chi connectivity index (χ3v) is 4.43. The molecule has 0 radical (unpaired) electrons. The summed E-state index contributed by atoms with van der Waals surface area (Å²) >= 11 is 0. The minimum atomic E-state index is -0.667. The molecule has 0 unspecified atom stereocenters. The maximum Gasteiger partial charge on any atom is 0.338 e. The SMILES string of the molecule is COc1ccc2nc(COC(=O)c3ccc(OC)c(OC)c3)c(C(C)=O)[n+]([O-])c2c1. The zero-order chi connectivity index (χ0) is 21.8. The van der Waals surface area contributed by atoms with Gasteiger partial charge in [0.2, 0.25) is 11.3 Å². The van der Waals surface area contributed by atoms with E-state index < -0.39 is 11.8 Å². The molecule has 9 heteroatoms.